The number of rotatable bonds is 7. The van der Waals surface area contributed by atoms with Crippen molar-refractivity contribution in [2.45, 2.75) is 32.2 Å². The maximum Gasteiger partial charge on any atom is 0.280 e. The van der Waals surface area contributed by atoms with Crippen LogP contribution in [0.4, 0.5) is 8.78 Å². The van der Waals surface area contributed by atoms with Gasteiger partial charge in [-0.2, -0.15) is 0 Å². The molecule has 11 heteroatoms. The van der Waals surface area contributed by atoms with Crippen molar-refractivity contribution in [3.05, 3.63) is 48.7 Å². The van der Waals surface area contributed by atoms with Gasteiger partial charge in [0, 0.05) is 77.2 Å². The first kappa shape index (κ1) is 24.4. The predicted octanol–water partition coefficient (Wildman–Crippen LogP) is 6.41. The lowest BCUT2D eigenvalue weighted by atomic mass is 10.0. The lowest BCUT2D eigenvalue weighted by Crippen LogP contribution is -2.31. The quantitative estimate of drug-likeness (QED) is 0.226. The average Bonchev–Trinajstić information content (AvgIpc) is 3.46. The number of aromatic nitrogens is 5. The van der Waals surface area contributed by atoms with Crippen LogP contribution >= 0.6 is 30.3 Å². The molecule has 0 bridgehead atoms. The normalized spacial score (nSPS) is 15.4. The number of nitrogens with zero attached hydrogens (tertiary/aromatic N) is 6. The first-order chi connectivity index (χ1) is 17.0. The molecule has 0 aromatic carbocycles. The molecule has 1 aliphatic heterocycles. The molecular formula is C24H25F2IN6OS. The first-order valence-electron chi connectivity index (χ1n) is 11.4. The van der Waals surface area contributed by atoms with Gasteiger partial charge in [0.25, 0.3) is 6.43 Å². The van der Waals surface area contributed by atoms with Gasteiger partial charge in [-0.3, -0.25) is 13.6 Å². The summed E-state index contributed by atoms with van der Waals surface area (Å²) in [6.45, 7) is 4.55. The molecule has 1 aliphatic rings. The summed E-state index contributed by atoms with van der Waals surface area (Å²) in [7, 11) is 3.64. The second-order valence-corrected chi connectivity index (χ2v) is 10.3. The maximum absolute atomic E-state index is 13.0. The summed E-state index contributed by atoms with van der Waals surface area (Å²) in [4.78, 5) is 11.0. The van der Waals surface area contributed by atoms with Crippen molar-refractivity contribution in [3.8, 4) is 28.1 Å². The highest BCUT2D eigenvalue weighted by Crippen LogP contribution is 2.38. The molecule has 0 amide bonds. The van der Waals surface area contributed by atoms with Crippen molar-refractivity contribution in [1.82, 2.24) is 28.6 Å². The molecule has 4 aromatic heterocycles. The number of fused-ring (bicyclic) bond motifs is 1. The highest BCUT2D eigenvalue weighted by Gasteiger charge is 2.23. The minimum Gasteiger partial charge on any atom is -0.476 e. The van der Waals surface area contributed by atoms with Crippen molar-refractivity contribution >= 4 is 41.4 Å². The Hall–Kier alpha value is -2.25. The van der Waals surface area contributed by atoms with E-state index in [1.54, 1.807) is 6.07 Å². The molecule has 7 nitrogen and oxygen atoms in total. The molecule has 35 heavy (non-hydrogen) atoms. The smallest absolute Gasteiger partial charge is 0.280 e. The van der Waals surface area contributed by atoms with E-state index in [0.29, 0.717) is 18.5 Å². The van der Waals surface area contributed by atoms with Crippen LogP contribution in [0.1, 0.15) is 37.9 Å². The number of ether oxygens (including phenoxy) is 1. The molecule has 5 rings (SSSR count). The van der Waals surface area contributed by atoms with Crippen molar-refractivity contribution in [2.75, 3.05) is 26.7 Å². The number of pyridine rings is 2. The van der Waals surface area contributed by atoms with E-state index in [9.17, 15) is 8.78 Å². The molecule has 1 fully saturated rings. The number of halogens is 3. The SMILES string of the molecule is CCOc1nn(C2CCN(C)CC2)cc1-c1cnc2c(c1)c(-c1ccc(C(F)F)nc1)cn2SI. The zero-order chi connectivity index (χ0) is 24.5. The van der Waals surface area contributed by atoms with Crippen LogP contribution in [0.25, 0.3) is 33.3 Å². The molecule has 0 spiro atoms. The number of hydrogen-bond donors (Lipinski definition) is 0. The minimum atomic E-state index is -2.60. The van der Waals surface area contributed by atoms with E-state index in [1.807, 2.05) is 28.0 Å². The molecular weight excluding hydrogens is 585 g/mol. The summed E-state index contributed by atoms with van der Waals surface area (Å²) in [6.07, 6.45) is 6.85. The van der Waals surface area contributed by atoms with Crippen LogP contribution in [-0.2, 0) is 0 Å². The number of hydrogen-bond acceptors (Lipinski definition) is 6. The summed E-state index contributed by atoms with van der Waals surface area (Å²) in [5.74, 6) is 0.597. The topological polar surface area (TPSA) is 61.0 Å². The van der Waals surface area contributed by atoms with E-state index in [2.05, 4.69) is 50.4 Å². The molecule has 5 heterocycles. The zero-order valence-electron chi connectivity index (χ0n) is 19.4. The fraction of sp³-hybridized carbons (Fsp3) is 0.375. The fourth-order valence-electron chi connectivity index (χ4n) is 4.47. The Morgan fingerprint density at radius 3 is 2.54 bits per heavy atom. The molecule has 0 radical (unpaired) electrons. The van der Waals surface area contributed by atoms with Gasteiger partial charge < -0.3 is 9.64 Å². The molecule has 4 aromatic rings. The van der Waals surface area contributed by atoms with Crippen molar-refractivity contribution < 1.29 is 13.5 Å². The van der Waals surface area contributed by atoms with E-state index < -0.39 is 6.43 Å². The van der Waals surface area contributed by atoms with Crippen LogP contribution in [0.5, 0.6) is 5.88 Å². The Labute approximate surface area is 218 Å². The second kappa shape index (κ2) is 10.4. The number of alkyl halides is 2. The van der Waals surface area contributed by atoms with Gasteiger partial charge in [0.1, 0.15) is 5.69 Å². The fourth-order valence-corrected chi connectivity index (χ4v) is 5.72. The number of likely N-dealkylation sites (tertiary alicyclic amines) is 1. The standard InChI is InChI=1S/C24H25F2IN6OS/c1-3-34-24-20(13-32(30-24)17-6-8-31(2)9-7-17)16-10-18-19(14-33(35-27)23(18)29-12-16)15-4-5-21(22(25)26)28-11-15/h4-5,10-14,17,22H,3,6-9H2,1-2H3. The summed E-state index contributed by atoms with van der Waals surface area (Å²) >= 11 is 2.20. The highest BCUT2D eigenvalue weighted by atomic mass is 127. The monoisotopic (exact) mass is 610 g/mol. The van der Waals surface area contributed by atoms with Gasteiger partial charge in [0.15, 0.2) is 5.65 Å². The molecule has 184 valence electrons. The van der Waals surface area contributed by atoms with Crippen LogP contribution in [-0.4, -0.2) is 55.4 Å². The Balaban J connectivity index is 1.58. The third-order valence-corrected chi connectivity index (χ3v) is 8.06. The van der Waals surface area contributed by atoms with E-state index in [0.717, 1.165) is 59.2 Å². The lowest BCUT2D eigenvalue weighted by molar-refractivity contribution is 0.146. The van der Waals surface area contributed by atoms with Gasteiger partial charge in [-0.25, -0.2) is 13.8 Å². The van der Waals surface area contributed by atoms with Crippen molar-refractivity contribution in [3.63, 3.8) is 0 Å². The van der Waals surface area contributed by atoms with Crippen LogP contribution in [0.3, 0.4) is 0 Å². The van der Waals surface area contributed by atoms with Crippen molar-refractivity contribution in [1.29, 1.82) is 0 Å². The second-order valence-electron chi connectivity index (χ2n) is 8.60. The first-order valence-corrected chi connectivity index (χ1v) is 14.8. The minimum absolute atomic E-state index is 0.234. The van der Waals surface area contributed by atoms with Gasteiger partial charge in [-0.1, -0.05) is 6.07 Å². The third kappa shape index (κ3) is 4.90. The van der Waals surface area contributed by atoms with E-state index in [4.69, 9.17) is 14.8 Å². The van der Waals surface area contributed by atoms with Crippen LogP contribution < -0.4 is 4.74 Å². The molecule has 0 aliphatic carbocycles. The Bertz CT molecular complexity index is 1320. The van der Waals surface area contributed by atoms with Gasteiger partial charge in [0.05, 0.1) is 18.2 Å². The summed E-state index contributed by atoms with van der Waals surface area (Å²) in [6, 6.07) is 5.46. The van der Waals surface area contributed by atoms with E-state index in [1.165, 1.54) is 21.4 Å². The summed E-state index contributed by atoms with van der Waals surface area (Å²) < 4.78 is 35.9. The predicted molar refractivity (Wildman–Crippen MR) is 143 cm³/mol. The summed E-state index contributed by atoms with van der Waals surface area (Å²) in [5.41, 5.74) is 3.99. The molecule has 0 saturated carbocycles. The highest BCUT2D eigenvalue weighted by molar-refractivity contribution is 14.2. The van der Waals surface area contributed by atoms with Crippen LogP contribution in [0, 0.1) is 0 Å². The molecule has 0 atom stereocenters. The van der Waals surface area contributed by atoms with E-state index in [-0.39, 0.29) is 5.69 Å². The van der Waals surface area contributed by atoms with Gasteiger partial charge in [0.2, 0.25) is 5.88 Å². The van der Waals surface area contributed by atoms with Crippen LogP contribution in [0.2, 0.25) is 0 Å². The largest absolute Gasteiger partial charge is 0.476 e. The van der Waals surface area contributed by atoms with Gasteiger partial charge in [-0.05, 0) is 52.0 Å². The number of piperidine rings is 1. The van der Waals surface area contributed by atoms with Crippen LogP contribution in [0.15, 0.2) is 43.0 Å². The molecule has 0 N–H and O–H groups in total. The van der Waals surface area contributed by atoms with Gasteiger partial charge >= 0.3 is 0 Å². The van der Waals surface area contributed by atoms with Crippen molar-refractivity contribution in [2.24, 2.45) is 0 Å². The summed E-state index contributed by atoms with van der Waals surface area (Å²) in [5, 5.41) is 5.70. The molecule has 0 unspecified atom stereocenters. The molecule has 1 saturated heterocycles. The zero-order valence-corrected chi connectivity index (χ0v) is 22.3. The van der Waals surface area contributed by atoms with E-state index >= 15 is 0 Å². The van der Waals surface area contributed by atoms with Gasteiger partial charge in [-0.15, -0.1) is 5.10 Å². The lowest BCUT2D eigenvalue weighted by Gasteiger charge is -2.28. The maximum atomic E-state index is 13.0. The Morgan fingerprint density at radius 1 is 1.11 bits per heavy atom. The average molecular weight is 610 g/mol. The Morgan fingerprint density at radius 2 is 1.89 bits per heavy atom. The third-order valence-electron chi connectivity index (χ3n) is 6.36. The Kier molecular flexibility index (Phi) is 7.26.